The summed E-state index contributed by atoms with van der Waals surface area (Å²) in [5, 5.41) is 3.51. The van der Waals surface area contributed by atoms with Crippen molar-refractivity contribution in [2.45, 2.75) is 65.3 Å². The van der Waals surface area contributed by atoms with E-state index < -0.39 is 0 Å². The Morgan fingerprint density at radius 2 is 1.68 bits per heavy atom. The molecule has 0 unspecified atom stereocenters. The van der Waals surface area contributed by atoms with Crippen molar-refractivity contribution in [1.82, 2.24) is 5.32 Å². The quantitative estimate of drug-likeness (QED) is 0.524. The maximum atomic E-state index is 5.76. The monoisotopic (exact) mass is 307 g/mol. The Hall–Kier alpha value is -1.22. The van der Waals surface area contributed by atoms with Gasteiger partial charge >= 0.3 is 0 Å². The van der Waals surface area contributed by atoms with Gasteiger partial charge in [0.05, 0.1) is 13.7 Å². The summed E-state index contributed by atoms with van der Waals surface area (Å²) in [4.78, 5) is 0. The van der Waals surface area contributed by atoms with Crippen LogP contribution in [0.4, 0.5) is 0 Å². The summed E-state index contributed by atoms with van der Waals surface area (Å²) < 4.78 is 11.2. The van der Waals surface area contributed by atoms with Crippen molar-refractivity contribution in [2.75, 3.05) is 20.3 Å². The number of benzene rings is 1. The van der Waals surface area contributed by atoms with Gasteiger partial charge in [0.2, 0.25) is 0 Å². The Bertz CT molecular complexity index is 393. The Kier molecular flexibility index (Phi) is 10.6. The van der Waals surface area contributed by atoms with Gasteiger partial charge in [0, 0.05) is 6.54 Å². The normalized spacial score (nSPS) is 10.7. The van der Waals surface area contributed by atoms with Gasteiger partial charge in [0.1, 0.15) is 0 Å². The summed E-state index contributed by atoms with van der Waals surface area (Å²) >= 11 is 0. The van der Waals surface area contributed by atoms with E-state index in [2.05, 4.69) is 31.3 Å². The Morgan fingerprint density at radius 3 is 2.41 bits per heavy atom. The van der Waals surface area contributed by atoms with Crippen molar-refractivity contribution in [3.05, 3.63) is 23.8 Å². The highest BCUT2D eigenvalue weighted by atomic mass is 16.5. The van der Waals surface area contributed by atoms with Gasteiger partial charge in [-0.2, -0.15) is 0 Å². The zero-order chi connectivity index (χ0) is 16.0. The summed E-state index contributed by atoms with van der Waals surface area (Å²) in [7, 11) is 1.70. The van der Waals surface area contributed by atoms with Crippen LogP contribution in [-0.2, 0) is 6.54 Å². The molecule has 1 rings (SSSR count). The topological polar surface area (TPSA) is 30.5 Å². The fraction of sp³-hybridized carbons (Fsp3) is 0.684. The minimum Gasteiger partial charge on any atom is -0.493 e. The predicted octanol–water partition coefficient (Wildman–Crippen LogP) is 4.93. The molecule has 0 spiro atoms. The molecule has 0 atom stereocenters. The molecule has 22 heavy (non-hydrogen) atoms. The lowest BCUT2D eigenvalue weighted by Gasteiger charge is -2.12. The number of nitrogens with one attached hydrogen (secondary N) is 1. The van der Waals surface area contributed by atoms with Crippen LogP contribution in [0.3, 0.4) is 0 Å². The van der Waals surface area contributed by atoms with Crippen molar-refractivity contribution in [2.24, 2.45) is 0 Å². The number of unbranched alkanes of at least 4 members (excludes halogenated alkanes) is 5. The van der Waals surface area contributed by atoms with Gasteiger partial charge in [-0.05, 0) is 37.1 Å². The average Bonchev–Trinajstić information content (AvgIpc) is 2.55. The number of rotatable bonds is 13. The molecular formula is C19H33NO2. The predicted molar refractivity (Wildman–Crippen MR) is 93.9 cm³/mol. The summed E-state index contributed by atoms with van der Waals surface area (Å²) in [6.07, 6.45) is 8.82. The molecule has 0 aliphatic rings. The summed E-state index contributed by atoms with van der Waals surface area (Å²) in [5.41, 5.74) is 1.24. The molecular weight excluding hydrogens is 274 g/mol. The van der Waals surface area contributed by atoms with Gasteiger partial charge in [-0.3, -0.25) is 0 Å². The Labute approximate surface area is 136 Å². The fourth-order valence-electron chi connectivity index (χ4n) is 2.35. The van der Waals surface area contributed by atoms with Crippen LogP contribution in [-0.4, -0.2) is 20.3 Å². The molecule has 0 saturated carbocycles. The molecule has 3 nitrogen and oxygen atoms in total. The van der Waals surface area contributed by atoms with Crippen molar-refractivity contribution < 1.29 is 9.47 Å². The molecule has 0 fully saturated rings. The maximum absolute atomic E-state index is 5.76. The lowest BCUT2D eigenvalue weighted by Crippen LogP contribution is -2.14. The van der Waals surface area contributed by atoms with E-state index in [1.54, 1.807) is 7.11 Å². The molecule has 0 bridgehead atoms. The lowest BCUT2D eigenvalue weighted by molar-refractivity contribution is 0.288. The van der Waals surface area contributed by atoms with Gasteiger partial charge in [0.15, 0.2) is 11.5 Å². The van der Waals surface area contributed by atoms with Crippen molar-refractivity contribution >= 4 is 0 Å². The molecule has 0 aromatic heterocycles. The zero-order valence-electron chi connectivity index (χ0n) is 14.6. The smallest absolute Gasteiger partial charge is 0.161 e. The van der Waals surface area contributed by atoms with E-state index in [0.717, 1.165) is 44.0 Å². The first-order chi connectivity index (χ1) is 10.8. The Balaban J connectivity index is 2.32. The molecule has 1 aromatic rings. The van der Waals surface area contributed by atoms with Crippen molar-refractivity contribution in [3.8, 4) is 11.5 Å². The Morgan fingerprint density at radius 1 is 0.909 bits per heavy atom. The van der Waals surface area contributed by atoms with Gasteiger partial charge < -0.3 is 14.8 Å². The molecule has 1 N–H and O–H groups in total. The van der Waals surface area contributed by atoms with E-state index in [-0.39, 0.29) is 0 Å². The van der Waals surface area contributed by atoms with Gasteiger partial charge in [-0.25, -0.2) is 0 Å². The number of hydrogen-bond acceptors (Lipinski definition) is 3. The second-order valence-corrected chi connectivity index (χ2v) is 5.78. The number of hydrogen-bond donors (Lipinski definition) is 1. The lowest BCUT2D eigenvalue weighted by atomic mass is 10.1. The molecule has 1 aromatic carbocycles. The van der Waals surface area contributed by atoms with Crippen LogP contribution < -0.4 is 14.8 Å². The second kappa shape index (κ2) is 12.3. The highest BCUT2D eigenvalue weighted by molar-refractivity contribution is 5.42. The summed E-state index contributed by atoms with van der Waals surface area (Å²) in [6.45, 7) is 7.14. The number of ether oxygens (including phenoxy) is 2. The summed E-state index contributed by atoms with van der Waals surface area (Å²) in [5.74, 6) is 1.68. The molecule has 126 valence electrons. The molecule has 0 saturated heterocycles. The third-order valence-electron chi connectivity index (χ3n) is 3.77. The van der Waals surface area contributed by atoms with Crippen LogP contribution in [0.15, 0.2) is 18.2 Å². The van der Waals surface area contributed by atoms with E-state index in [1.807, 2.05) is 6.07 Å². The molecule has 0 aliphatic carbocycles. The summed E-state index contributed by atoms with van der Waals surface area (Å²) in [6, 6.07) is 6.21. The highest BCUT2D eigenvalue weighted by Gasteiger charge is 2.05. The minimum absolute atomic E-state index is 0.752. The first-order valence-corrected chi connectivity index (χ1v) is 8.82. The maximum Gasteiger partial charge on any atom is 0.161 e. The number of methoxy groups -OCH3 is 1. The van der Waals surface area contributed by atoms with Gasteiger partial charge in [-0.15, -0.1) is 0 Å². The second-order valence-electron chi connectivity index (χ2n) is 5.78. The molecule has 0 radical (unpaired) electrons. The van der Waals surface area contributed by atoms with Crippen LogP contribution in [0.2, 0.25) is 0 Å². The highest BCUT2D eigenvalue weighted by Crippen LogP contribution is 2.28. The molecule has 3 heteroatoms. The van der Waals surface area contributed by atoms with E-state index in [0.29, 0.717) is 0 Å². The molecule has 0 aliphatic heterocycles. The average molecular weight is 307 g/mol. The van der Waals surface area contributed by atoms with Crippen molar-refractivity contribution in [3.63, 3.8) is 0 Å². The third-order valence-corrected chi connectivity index (χ3v) is 3.77. The SMILES string of the molecule is CCCCCCCNCc1ccc(OCCCC)c(OC)c1. The van der Waals surface area contributed by atoms with E-state index in [1.165, 1.54) is 37.7 Å². The first-order valence-electron chi connectivity index (χ1n) is 8.82. The van der Waals surface area contributed by atoms with Crippen LogP contribution >= 0.6 is 0 Å². The van der Waals surface area contributed by atoms with Gasteiger partial charge in [-0.1, -0.05) is 52.0 Å². The first kappa shape index (κ1) is 18.8. The fourth-order valence-corrected chi connectivity index (χ4v) is 2.35. The molecule has 0 heterocycles. The third kappa shape index (κ3) is 7.69. The van der Waals surface area contributed by atoms with Crippen LogP contribution in [0.1, 0.15) is 64.4 Å². The standard InChI is InChI=1S/C19H33NO2/c1-4-6-8-9-10-13-20-16-17-11-12-18(19(15-17)21-3)22-14-7-5-2/h11-12,15,20H,4-10,13-14,16H2,1-3H3. The van der Waals surface area contributed by atoms with Gasteiger partial charge in [0.25, 0.3) is 0 Å². The van der Waals surface area contributed by atoms with Crippen LogP contribution in [0.25, 0.3) is 0 Å². The van der Waals surface area contributed by atoms with Crippen LogP contribution in [0, 0.1) is 0 Å². The molecule has 0 amide bonds. The van der Waals surface area contributed by atoms with E-state index >= 15 is 0 Å². The van der Waals surface area contributed by atoms with Crippen molar-refractivity contribution in [1.29, 1.82) is 0 Å². The van der Waals surface area contributed by atoms with Crippen LogP contribution in [0.5, 0.6) is 11.5 Å². The van der Waals surface area contributed by atoms with E-state index in [9.17, 15) is 0 Å². The minimum atomic E-state index is 0.752. The largest absolute Gasteiger partial charge is 0.493 e. The zero-order valence-corrected chi connectivity index (χ0v) is 14.6. The van der Waals surface area contributed by atoms with E-state index in [4.69, 9.17) is 9.47 Å².